The molecule has 1 saturated heterocycles. The lowest BCUT2D eigenvalue weighted by atomic mass is 9.96. The van der Waals surface area contributed by atoms with E-state index in [4.69, 9.17) is 0 Å². The van der Waals surface area contributed by atoms with E-state index in [1.807, 2.05) is 12.1 Å². The van der Waals surface area contributed by atoms with Crippen LogP contribution in [0.3, 0.4) is 0 Å². The van der Waals surface area contributed by atoms with Gasteiger partial charge >= 0.3 is 0 Å². The molecule has 1 unspecified atom stereocenters. The van der Waals surface area contributed by atoms with Crippen LogP contribution in [0.1, 0.15) is 56.0 Å². The summed E-state index contributed by atoms with van der Waals surface area (Å²) in [5.41, 5.74) is 2.02. The van der Waals surface area contributed by atoms with Gasteiger partial charge in [0.2, 0.25) is 0 Å². The van der Waals surface area contributed by atoms with Gasteiger partial charge < -0.3 is 10.6 Å². The molecule has 0 radical (unpaired) electrons. The van der Waals surface area contributed by atoms with Gasteiger partial charge in [-0.25, -0.2) is 0 Å². The van der Waals surface area contributed by atoms with E-state index in [1.54, 1.807) is 0 Å². The Hall–Kier alpha value is -0.810. The van der Waals surface area contributed by atoms with Crippen molar-refractivity contribution in [3.8, 4) is 0 Å². The van der Waals surface area contributed by atoms with Gasteiger partial charge in [0.05, 0.1) is 0 Å². The third-order valence-corrected chi connectivity index (χ3v) is 4.98. The number of carbonyl (C=O) groups excluding carboxylic acids is 1. The van der Waals surface area contributed by atoms with Gasteiger partial charge in [0, 0.05) is 24.7 Å². The zero-order valence-corrected chi connectivity index (χ0v) is 17.9. The Labute approximate surface area is 171 Å². The first kappa shape index (κ1) is 25.2. The van der Waals surface area contributed by atoms with Crippen LogP contribution < -0.4 is 10.6 Å². The van der Waals surface area contributed by atoms with E-state index >= 15 is 0 Å². The molecule has 1 fully saturated rings. The standard InChI is InChI=1S/C20H33N3O.2ClH/c1-4-23(16(2)3)15-18-7-9-19(10-8-18)20(24)22-13-11-17-6-5-12-21-14-17;;/h7-10,16-17,21H,4-6,11-15H2,1-3H3,(H,22,24);2*1H. The van der Waals surface area contributed by atoms with Crippen molar-refractivity contribution in [2.75, 3.05) is 26.2 Å². The molecule has 0 aromatic heterocycles. The minimum absolute atomic E-state index is 0. The number of nitrogens with one attached hydrogen (secondary N) is 2. The van der Waals surface area contributed by atoms with E-state index in [-0.39, 0.29) is 30.7 Å². The molecule has 26 heavy (non-hydrogen) atoms. The monoisotopic (exact) mass is 403 g/mol. The topological polar surface area (TPSA) is 44.4 Å². The average Bonchev–Trinajstić information content (AvgIpc) is 2.60. The van der Waals surface area contributed by atoms with Gasteiger partial charge in [0.15, 0.2) is 0 Å². The predicted molar refractivity (Wildman–Crippen MR) is 115 cm³/mol. The van der Waals surface area contributed by atoms with Crippen LogP contribution in [0, 0.1) is 5.92 Å². The van der Waals surface area contributed by atoms with E-state index in [0.29, 0.717) is 12.0 Å². The van der Waals surface area contributed by atoms with Crippen molar-refractivity contribution in [3.63, 3.8) is 0 Å². The van der Waals surface area contributed by atoms with E-state index in [2.05, 4.69) is 48.4 Å². The molecule has 1 atom stereocenters. The Morgan fingerprint density at radius 2 is 1.96 bits per heavy atom. The molecular formula is C20H35Cl2N3O. The maximum Gasteiger partial charge on any atom is 0.251 e. The highest BCUT2D eigenvalue weighted by Crippen LogP contribution is 2.13. The number of hydrogen-bond acceptors (Lipinski definition) is 3. The Balaban J connectivity index is 0.00000312. The van der Waals surface area contributed by atoms with Crippen LogP contribution in [0.2, 0.25) is 0 Å². The number of amides is 1. The second-order valence-electron chi connectivity index (χ2n) is 7.11. The van der Waals surface area contributed by atoms with Crippen LogP contribution in [-0.2, 0) is 6.54 Å². The zero-order valence-electron chi connectivity index (χ0n) is 16.3. The fraction of sp³-hybridized carbons (Fsp3) is 0.650. The largest absolute Gasteiger partial charge is 0.352 e. The Morgan fingerprint density at radius 3 is 2.50 bits per heavy atom. The van der Waals surface area contributed by atoms with Crippen molar-refractivity contribution in [2.24, 2.45) is 5.92 Å². The fourth-order valence-corrected chi connectivity index (χ4v) is 3.32. The maximum absolute atomic E-state index is 12.2. The van der Waals surface area contributed by atoms with Crippen LogP contribution in [0.4, 0.5) is 0 Å². The second-order valence-corrected chi connectivity index (χ2v) is 7.11. The summed E-state index contributed by atoms with van der Waals surface area (Å²) < 4.78 is 0. The first-order chi connectivity index (χ1) is 11.6. The third kappa shape index (κ3) is 8.26. The SMILES string of the molecule is CCN(Cc1ccc(C(=O)NCCC2CCCNC2)cc1)C(C)C.Cl.Cl. The summed E-state index contributed by atoms with van der Waals surface area (Å²) in [5.74, 6) is 0.749. The molecule has 1 heterocycles. The van der Waals surface area contributed by atoms with Gasteiger partial charge in [-0.2, -0.15) is 0 Å². The molecule has 1 aromatic rings. The van der Waals surface area contributed by atoms with Crippen molar-refractivity contribution in [1.29, 1.82) is 0 Å². The molecule has 1 aliphatic rings. The lowest BCUT2D eigenvalue weighted by Crippen LogP contribution is -2.33. The Bertz CT molecular complexity index is 502. The minimum Gasteiger partial charge on any atom is -0.352 e. The highest BCUT2D eigenvalue weighted by molar-refractivity contribution is 5.94. The molecule has 2 rings (SSSR count). The Kier molecular flexibility index (Phi) is 13.0. The predicted octanol–water partition coefficient (Wildman–Crippen LogP) is 3.88. The van der Waals surface area contributed by atoms with Gasteiger partial charge in [-0.3, -0.25) is 9.69 Å². The molecule has 1 aromatic carbocycles. The average molecular weight is 404 g/mol. The lowest BCUT2D eigenvalue weighted by Gasteiger charge is -2.24. The number of hydrogen-bond donors (Lipinski definition) is 2. The van der Waals surface area contributed by atoms with Crippen LogP contribution in [0.15, 0.2) is 24.3 Å². The molecule has 0 aliphatic carbocycles. The van der Waals surface area contributed by atoms with Crippen molar-refractivity contribution in [1.82, 2.24) is 15.5 Å². The highest BCUT2D eigenvalue weighted by Gasteiger charge is 2.13. The lowest BCUT2D eigenvalue weighted by molar-refractivity contribution is 0.0950. The minimum atomic E-state index is 0. The summed E-state index contributed by atoms with van der Waals surface area (Å²) in [6.45, 7) is 11.6. The number of rotatable bonds is 8. The van der Waals surface area contributed by atoms with Gasteiger partial charge in [-0.1, -0.05) is 19.1 Å². The molecule has 2 N–H and O–H groups in total. The van der Waals surface area contributed by atoms with E-state index in [9.17, 15) is 4.79 Å². The van der Waals surface area contributed by atoms with E-state index in [0.717, 1.165) is 44.7 Å². The Morgan fingerprint density at radius 1 is 1.27 bits per heavy atom. The molecule has 6 heteroatoms. The third-order valence-electron chi connectivity index (χ3n) is 4.98. The summed E-state index contributed by atoms with van der Waals surface area (Å²) in [6, 6.07) is 8.57. The summed E-state index contributed by atoms with van der Waals surface area (Å²) in [6.07, 6.45) is 3.60. The number of benzene rings is 1. The molecule has 0 bridgehead atoms. The zero-order chi connectivity index (χ0) is 17.4. The van der Waals surface area contributed by atoms with Crippen LogP contribution in [0.5, 0.6) is 0 Å². The molecule has 0 spiro atoms. The van der Waals surface area contributed by atoms with Crippen molar-refractivity contribution in [2.45, 2.75) is 52.6 Å². The number of nitrogens with zero attached hydrogens (tertiary/aromatic N) is 1. The summed E-state index contributed by atoms with van der Waals surface area (Å²) >= 11 is 0. The highest BCUT2D eigenvalue weighted by atomic mass is 35.5. The quantitative estimate of drug-likeness (QED) is 0.691. The molecule has 0 saturated carbocycles. The van der Waals surface area contributed by atoms with Gasteiger partial charge in [0.25, 0.3) is 5.91 Å². The molecular weight excluding hydrogens is 369 g/mol. The number of piperidine rings is 1. The van der Waals surface area contributed by atoms with Crippen LogP contribution in [0.25, 0.3) is 0 Å². The molecule has 1 amide bonds. The van der Waals surface area contributed by atoms with E-state index in [1.165, 1.54) is 18.4 Å². The smallest absolute Gasteiger partial charge is 0.251 e. The molecule has 150 valence electrons. The van der Waals surface area contributed by atoms with Gasteiger partial charge in [0.1, 0.15) is 0 Å². The second kappa shape index (κ2) is 13.4. The van der Waals surface area contributed by atoms with Gasteiger partial charge in [-0.05, 0) is 76.4 Å². The first-order valence-electron chi connectivity index (χ1n) is 9.42. The number of carbonyl (C=O) groups is 1. The van der Waals surface area contributed by atoms with Crippen molar-refractivity contribution in [3.05, 3.63) is 35.4 Å². The maximum atomic E-state index is 12.2. The van der Waals surface area contributed by atoms with Gasteiger partial charge in [-0.15, -0.1) is 24.8 Å². The summed E-state index contributed by atoms with van der Waals surface area (Å²) in [4.78, 5) is 14.7. The normalized spacial score (nSPS) is 16.7. The van der Waals surface area contributed by atoms with Crippen molar-refractivity contribution < 1.29 is 4.79 Å². The van der Waals surface area contributed by atoms with Crippen molar-refractivity contribution >= 4 is 30.7 Å². The first-order valence-corrected chi connectivity index (χ1v) is 9.42. The van der Waals surface area contributed by atoms with E-state index < -0.39 is 0 Å². The fourth-order valence-electron chi connectivity index (χ4n) is 3.32. The van der Waals surface area contributed by atoms with Crippen LogP contribution >= 0.6 is 24.8 Å². The number of halogens is 2. The van der Waals surface area contributed by atoms with Crippen LogP contribution in [-0.4, -0.2) is 43.0 Å². The summed E-state index contributed by atoms with van der Waals surface area (Å²) in [5, 5.41) is 6.48. The molecule has 4 nitrogen and oxygen atoms in total. The summed E-state index contributed by atoms with van der Waals surface area (Å²) in [7, 11) is 0. The molecule has 1 aliphatic heterocycles.